The van der Waals surface area contributed by atoms with Crippen molar-refractivity contribution in [1.82, 2.24) is 20.1 Å². The Morgan fingerprint density at radius 2 is 2.33 bits per heavy atom. The number of thioether (sulfide) groups is 1. The Balaban J connectivity index is 1.69. The van der Waals surface area contributed by atoms with Gasteiger partial charge in [0, 0.05) is 18.8 Å². The van der Waals surface area contributed by atoms with Crippen molar-refractivity contribution >= 4 is 11.8 Å². The summed E-state index contributed by atoms with van der Waals surface area (Å²) in [5.74, 6) is 1.28. The van der Waals surface area contributed by atoms with E-state index in [9.17, 15) is 5.26 Å². The Kier molecular flexibility index (Phi) is 3.04. The van der Waals surface area contributed by atoms with Crippen LogP contribution in [0.1, 0.15) is 25.7 Å². The highest BCUT2D eigenvalue weighted by Gasteiger charge is 2.48. The van der Waals surface area contributed by atoms with Crippen LogP contribution in [0.25, 0.3) is 0 Å². The Labute approximate surface area is 111 Å². The molecule has 2 saturated carbocycles. The second kappa shape index (κ2) is 4.56. The highest BCUT2D eigenvalue weighted by Crippen LogP contribution is 2.43. The smallest absolute Gasteiger partial charge is 0.185 e. The zero-order valence-corrected chi connectivity index (χ0v) is 11.3. The largest absolute Gasteiger partial charge is 0.296 e. The van der Waals surface area contributed by atoms with Gasteiger partial charge in [-0.25, -0.2) is 9.67 Å². The summed E-state index contributed by atoms with van der Waals surface area (Å²) < 4.78 is 1.76. The minimum Gasteiger partial charge on any atom is -0.296 e. The van der Waals surface area contributed by atoms with Crippen LogP contribution < -0.4 is 5.32 Å². The molecule has 2 aliphatic rings. The third kappa shape index (κ3) is 2.38. The summed E-state index contributed by atoms with van der Waals surface area (Å²) in [6.45, 7) is 0. The fourth-order valence-corrected chi connectivity index (χ4v) is 3.29. The van der Waals surface area contributed by atoms with E-state index in [1.54, 1.807) is 22.8 Å². The molecule has 5 nitrogen and oxygen atoms in total. The molecule has 0 saturated heterocycles. The minimum absolute atomic E-state index is 0.363. The van der Waals surface area contributed by atoms with Crippen molar-refractivity contribution in [3.63, 3.8) is 0 Å². The molecule has 1 atom stereocenters. The van der Waals surface area contributed by atoms with E-state index in [1.165, 1.54) is 25.7 Å². The van der Waals surface area contributed by atoms with Crippen molar-refractivity contribution < 1.29 is 0 Å². The number of nitriles is 1. The molecule has 0 spiro atoms. The van der Waals surface area contributed by atoms with Crippen molar-refractivity contribution in [2.75, 3.05) is 5.75 Å². The molecule has 1 aromatic heterocycles. The molecular weight excluding hydrogens is 246 g/mol. The SMILES string of the molecule is Cn1ncnc1SCC(C#N)(NC1CC1)C1CC1. The summed E-state index contributed by atoms with van der Waals surface area (Å²) in [6.07, 6.45) is 6.33. The Morgan fingerprint density at radius 3 is 2.83 bits per heavy atom. The van der Waals surface area contributed by atoms with E-state index in [1.807, 2.05) is 7.05 Å². The Hall–Kier alpha value is -1.06. The van der Waals surface area contributed by atoms with Crippen molar-refractivity contribution in [3.05, 3.63) is 6.33 Å². The molecule has 96 valence electrons. The van der Waals surface area contributed by atoms with E-state index in [0.717, 1.165) is 10.9 Å². The number of aromatic nitrogens is 3. The molecule has 0 aromatic carbocycles. The lowest BCUT2D eigenvalue weighted by molar-refractivity contribution is 0.401. The third-order valence-corrected chi connectivity index (χ3v) is 4.84. The van der Waals surface area contributed by atoms with Crippen LogP contribution in [0.4, 0.5) is 0 Å². The summed E-state index contributed by atoms with van der Waals surface area (Å²) in [4.78, 5) is 4.21. The van der Waals surface area contributed by atoms with E-state index in [0.29, 0.717) is 12.0 Å². The molecule has 1 heterocycles. The fourth-order valence-electron chi connectivity index (χ4n) is 2.20. The van der Waals surface area contributed by atoms with Crippen LogP contribution in [-0.4, -0.2) is 32.1 Å². The van der Waals surface area contributed by atoms with Crippen LogP contribution in [0, 0.1) is 17.2 Å². The predicted octanol–water partition coefficient (Wildman–Crippen LogP) is 1.33. The number of nitrogens with one attached hydrogen (secondary N) is 1. The van der Waals surface area contributed by atoms with Crippen molar-refractivity contribution in [2.24, 2.45) is 13.0 Å². The molecule has 0 aliphatic heterocycles. The summed E-state index contributed by atoms with van der Waals surface area (Å²) in [7, 11) is 1.88. The van der Waals surface area contributed by atoms with Gasteiger partial charge in [-0.15, -0.1) is 0 Å². The normalized spacial score (nSPS) is 22.4. The van der Waals surface area contributed by atoms with E-state index in [4.69, 9.17) is 0 Å². The topological polar surface area (TPSA) is 66.5 Å². The van der Waals surface area contributed by atoms with Gasteiger partial charge >= 0.3 is 0 Å². The number of aryl methyl sites for hydroxylation is 1. The average Bonchev–Trinajstić information content (AvgIpc) is 3.26. The second-order valence-corrected chi connectivity index (χ2v) is 6.17. The van der Waals surface area contributed by atoms with Gasteiger partial charge in [0.05, 0.1) is 6.07 Å². The van der Waals surface area contributed by atoms with Crippen LogP contribution in [0.15, 0.2) is 11.5 Å². The molecule has 3 rings (SSSR count). The number of hydrogen-bond donors (Lipinski definition) is 1. The predicted molar refractivity (Wildman–Crippen MR) is 69.0 cm³/mol. The average molecular weight is 263 g/mol. The van der Waals surface area contributed by atoms with Crippen LogP contribution >= 0.6 is 11.8 Å². The molecule has 1 unspecified atom stereocenters. The van der Waals surface area contributed by atoms with Crippen molar-refractivity contribution in [3.8, 4) is 6.07 Å². The fraction of sp³-hybridized carbons (Fsp3) is 0.750. The lowest BCUT2D eigenvalue weighted by atomic mass is 9.97. The van der Waals surface area contributed by atoms with Crippen LogP contribution in [-0.2, 0) is 7.05 Å². The quantitative estimate of drug-likeness (QED) is 0.784. The standard InChI is InChI=1S/C12H17N5S/c1-17-11(14-8-15-17)18-7-12(6-13,9-2-3-9)16-10-4-5-10/h8-10,16H,2-5,7H2,1H3. The number of hydrogen-bond acceptors (Lipinski definition) is 5. The van der Waals surface area contributed by atoms with Gasteiger partial charge in [-0.3, -0.25) is 5.32 Å². The van der Waals surface area contributed by atoms with E-state index >= 15 is 0 Å². The van der Waals surface area contributed by atoms with Gasteiger partial charge in [0.15, 0.2) is 5.16 Å². The van der Waals surface area contributed by atoms with Gasteiger partial charge in [-0.1, -0.05) is 11.8 Å². The van der Waals surface area contributed by atoms with Gasteiger partial charge < -0.3 is 0 Å². The second-order valence-electron chi connectivity index (χ2n) is 5.23. The maximum absolute atomic E-state index is 9.59. The maximum atomic E-state index is 9.59. The lowest BCUT2D eigenvalue weighted by Crippen LogP contribution is -2.49. The summed E-state index contributed by atoms with van der Waals surface area (Å²) in [6, 6.07) is 3.10. The summed E-state index contributed by atoms with van der Waals surface area (Å²) >= 11 is 1.63. The van der Waals surface area contributed by atoms with E-state index in [-0.39, 0.29) is 5.54 Å². The van der Waals surface area contributed by atoms with Gasteiger partial charge in [0.1, 0.15) is 11.9 Å². The van der Waals surface area contributed by atoms with Crippen LogP contribution in [0.2, 0.25) is 0 Å². The first kappa shape index (κ1) is 12.0. The first-order valence-electron chi connectivity index (χ1n) is 6.39. The maximum Gasteiger partial charge on any atom is 0.185 e. The zero-order valence-electron chi connectivity index (χ0n) is 10.5. The van der Waals surface area contributed by atoms with Crippen molar-refractivity contribution in [2.45, 2.75) is 42.4 Å². The van der Waals surface area contributed by atoms with E-state index < -0.39 is 0 Å². The molecular formula is C12H17N5S. The van der Waals surface area contributed by atoms with E-state index in [2.05, 4.69) is 21.5 Å². The highest BCUT2D eigenvalue weighted by molar-refractivity contribution is 7.99. The highest BCUT2D eigenvalue weighted by atomic mass is 32.2. The zero-order chi connectivity index (χ0) is 12.6. The first-order valence-corrected chi connectivity index (χ1v) is 7.38. The molecule has 6 heteroatoms. The molecule has 18 heavy (non-hydrogen) atoms. The molecule has 0 amide bonds. The number of nitrogens with zero attached hydrogens (tertiary/aromatic N) is 4. The van der Waals surface area contributed by atoms with Crippen molar-refractivity contribution in [1.29, 1.82) is 5.26 Å². The summed E-state index contributed by atoms with van der Waals surface area (Å²) in [5, 5.41) is 18.1. The van der Waals surface area contributed by atoms with Gasteiger partial charge in [0.25, 0.3) is 0 Å². The monoisotopic (exact) mass is 263 g/mol. The first-order chi connectivity index (χ1) is 8.73. The Morgan fingerprint density at radius 1 is 1.56 bits per heavy atom. The molecule has 1 aromatic rings. The van der Waals surface area contributed by atoms with Crippen LogP contribution in [0.3, 0.4) is 0 Å². The van der Waals surface area contributed by atoms with Gasteiger partial charge in [-0.05, 0) is 31.6 Å². The molecule has 0 bridgehead atoms. The number of rotatable bonds is 6. The lowest BCUT2D eigenvalue weighted by Gasteiger charge is -2.27. The molecule has 1 N–H and O–H groups in total. The molecule has 0 radical (unpaired) electrons. The third-order valence-electron chi connectivity index (χ3n) is 3.61. The summed E-state index contributed by atoms with van der Waals surface area (Å²) in [5.41, 5.74) is -0.363. The van der Waals surface area contributed by atoms with Crippen LogP contribution in [0.5, 0.6) is 0 Å². The molecule has 2 fully saturated rings. The minimum atomic E-state index is -0.363. The Bertz CT molecular complexity index is 471. The molecule has 2 aliphatic carbocycles. The van der Waals surface area contributed by atoms with Gasteiger partial charge in [0.2, 0.25) is 0 Å². The van der Waals surface area contributed by atoms with Gasteiger partial charge in [-0.2, -0.15) is 10.4 Å².